The quantitative estimate of drug-likeness (QED) is 0.366. The summed E-state index contributed by atoms with van der Waals surface area (Å²) in [6.07, 6.45) is 0. The van der Waals surface area contributed by atoms with Crippen molar-refractivity contribution in [3.8, 4) is 0 Å². The van der Waals surface area contributed by atoms with Gasteiger partial charge in [-0.2, -0.15) is 0 Å². The summed E-state index contributed by atoms with van der Waals surface area (Å²) < 4.78 is 0. The molecule has 1 amide bonds. The maximum atomic E-state index is 12.0. The van der Waals surface area contributed by atoms with Crippen molar-refractivity contribution in [2.45, 2.75) is 20.8 Å². The van der Waals surface area contributed by atoms with E-state index >= 15 is 0 Å². The summed E-state index contributed by atoms with van der Waals surface area (Å²) in [6.45, 7) is 10.6. The minimum Gasteiger partial charge on any atom is -0.367 e. The Kier molecular flexibility index (Phi) is 9.66. The van der Waals surface area contributed by atoms with Crippen molar-refractivity contribution in [1.29, 1.82) is 0 Å². The van der Waals surface area contributed by atoms with Gasteiger partial charge in [-0.3, -0.25) is 9.79 Å². The number of para-hydroxylation sites is 1. The Morgan fingerprint density at radius 3 is 2.41 bits per heavy atom. The number of aliphatic imine (C=N–C) groups is 1. The van der Waals surface area contributed by atoms with Gasteiger partial charge in [0, 0.05) is 39.8 Å². The van der Waals surface area contributed by atoms with Crippen LogP contribution in [0.25, 0.3) is 0 Å². The van der Waals surface area contributed by atoms with E-state index in [4.69, 9.17) is 16.6 Å². The van der Waals surface area contributed by atoms with Crippen molar-refractivity contribution < 1.29 is 4.79 Å². The maximum absolute atomic E-state index is 12.0. The molecule has 6 nitrogen and oxygen atoms in total. The van der Waals surface area contributed by atoms with Gasteiger partial charge < -0.3 is 20.4 Å². The molecule has 27 heavy (non-hydrogen) atoms. The number of carbonyl (C=O) groups is 1. The van der Waals surface area contributed by atoms with Gasteiger partial charge in [-0.1, -0.05) is 23.7 Å². The Hall–Kier alpha value is -1.22. The zero-order valence-electron chi connectivity index (χ0n) is 16.6. The standard InChI is InChI=1S/C19H30ClN5O.HI/c1-5-22-18(23-14-19(2,3)17(26)21-4)25-12-10-24(11-13-25)16-9-7-6-8-15(16)20;/h6-9H,5,10-14H2,1-4H3,(H,21,26)(H,22,23);1H. The number of rotatable bonds is 5. The minimum absolute atomic E-state index is 0. The predicted molar refractivity (Wildman–Crippen MR) is 124 cm³/mol. The average molecular weight is 508 g/mol. The van der Waals surface area contributed by atoms with Crippen molar-refractivity contribution in [1.82, 2.24) is 15.5 Å². The Morgan fingerprint density at radius 2 is 1.85 bits per heavy atom. The molecule has 1 aliphatic rings. The Bertz CT molecular complexity index is 645. The van der Waals surface area contributed by atoms with Crippen LogP contribution in [0, 0.1) is 5.41 Å². The highest BCUT2D eigenvalue weighted by Crippen LogP contribution is 2.26. The fourth-order valence-corrected chi connectivity index (χ4v) is 3.23. The zero-order valence-corrected chi connectivity index (χ0v) is 19.7. The molecular formula is C19H31ClIN5O. The van der Waals surface area contributed by atoms with Gasteiger partial charge in [0.15, 0.2) is 5.96 Å². The summed E-state index contributed by atoms with van der Waals surface area (Å²) in [6, 6.07) is 7.95. The van der Waals surface area contributed by atoms with Crippen LogP contribution in [0.1, 0.15) is 20.8 Å². The van der Waals surface area contributed by atoms with Crippen molar-refractivity contribution in [3.05, 3.63) is 29.3 Å². The first-order chi connectivity index (χ1) is 12.4. The molecule has 0 unspecified atom stereocenters. The fourth-order valence-electron chi connectivity index (χ4n) is 2.98. The van der Waals surface area contributed by atoms with Gasteiger partial charge >= 0.3 is 0 Å². The summed E-state index contributed by atoms with van der Waals surface area (Å²) in [5.74, 6) is 0.865. The molecule has 0 spiro atoms. The van der Waals surface area contributed by atoms with Crippen LogP contribution in [-0.2, 0) is 4.79 Å². The molecule has 1 aliphatic heterocycles. The average Bonchev–Trinajstić information content (AvgIpc) is 2.65. The highest BCUT2D eigenvalue weighted by Gasteiger charge is 2.27. The van der Waals surface area contributed by atoms with E-state index < -0.39 is 5.41 Å². The van der Waals surface area contributed by atoms with Crippen LogP contribution < -0.4 is 15.5 Å². The number of guanidine groups is 1. The molecule has 8 heteroatoms. The molecular weight excluding hydrogens is 477 g/mol. The first-order valence-electron chi connectivity index (χ1n) is 9.14. The van der Waals surface area contributed by atoms with Crippen LogP contribution in [0.2, 0.25) is 5.02 Å². The molecule has 1 aromatic rings. The second-order valence-corrected chi connectivity index (χ2v) is 7.47. The van der Waals surface area contributed by atoms with Crippen molar-refractivity contribution in [2.75, 3.05) is 51.2 Å². The summed E-state index contributed by atoms with van der Waals surface area (Å²) in [5.41, 5.74) is 0.547. The molecule has 0 aliphatic carbocycles. The monoisotopic (exact) mass is 507 g/mol. The molecule has 0 saturated carbocycles. The predicted octanol–water partition coefficient (Wildman–Crippen LogP) is 2.82. The van der Waals surface area contributed by atoms with Crippen LogP contribution in [0.4, 0.5) is 5.69 Å². The molecule has 0 aromatic heterocycles. The van der Waals surface area contributed by atoms with E-state index in [1.807, 2.05) is 32.0 Å². The third-order valence-electron chi connectivity index (χ3n) is 4.57. The number of hydrogen-bond acceptors (Lipinski definition) is 3. The van der Waals surface area contributed by atoms with Crippen LogP contribution >= 0.6 is 35.6 Å². The van der Waals surface area contributed by atoms with Crippen molar-refractivity contribution in [3.63, 3.8) is 0 Å². The number of carbonyl (C=O) groups excluding carboxylic acids is 1. The fraction of sp³-hybridized carbons (Fsp3) is 0.579. The lowest BCUT2D eigenvalue weighted by atomic mass is 9.93. The molecule has 2 N–H and O–H groups in total. The lowest BCUT2D eigenvalue weighted by Gasteiger charge is -2.38. The summed E-state index contributed by atoms with van der Waals surface area (Å²) >= 11 is 6.32. The van der Waals surface area contributed by atoms with Gasteiger partial charge in [0.1, 0.15) is 0 Å². The van der Waals surface area contributed by atoms with E-state index in [9.17, 15) is 4.79 Å². The highest BCUT2D eigenvalue weighted by molar-refractivity contribution is 14.0. The van der Waals surface area contributed by atoms with E-state index in [1.165, 1.54) is 0 Å². The molecule has 1 aromatic carbocycles. The Balaban J connectivity index is 0.00000364. The number of nitrogens with one attached hydrogen (secondary N) is 2. The second kappa shape index (κ2) is 10.9. The molecule has 0 radical (unpaired) electrons. The first-order valence-corrected chi connectivity index (χ1v) is 9.51. The van der Waals surface area contributed by atoms with Gasteiger partial charge in [0.05, 0.1) is 22.7 Å². The van der Waals surface area contributed by atoms with E-state index in [0.29, 0.717) is 6.54 Å². The number of halogens is 2. The van der Waals surface area contributed by atoms with Crippen LogP contribution in [0.3, 0.4) is 0 Å². The Morgan fingerprint density at radius 1 is 1.22 bits per heavy atom. The SMILES string of the molecule is CCNC(=NCC(C)(C)C(=O)NC)N1CCN(c2ccccc2Cl)CC1.I. The number of benzene rings is 1. The summed E-state index contributed by atoms with van der Waals surface area (Å²) in [4.78, 5) is 21.2. The number of nitrogens with zero attached hydrogens (tertiary/aromatic N) is 3. The van der Waals surface area contributed by atoms with Crippen molar-refractivity contribution >= 4 is 53.1 Å². The van der Waals surface area contributed by atoms with Crippen LogP contribution in [0.5, 0.6) is 0 Å². The molecule has 1 saturated heterocycles. The van der Waals surface area contributed by atoms with E-state index in [0.717, 1.165) is 49.4 Å². The number of amides is 1. The normalized spacial score (nSPS) is 15.2. The summed E-state index contributed by atoms with van der Waals surface area (Å²) in [7, 11) is 1.66. The van der Waals surface area contributed by atoms with Gasteiger partial charge in [-0.25, -0.2) is 0 Å². The van der Waals surface area contributed by atoms with E-state index in [2.05, 4.69) is 33.4 Å². The van der Waals surface area contributed by atoms with Crippen LogP contribution in [0.15, 0.2) is 29.3 Å². The van der Waals surface area contributed by atoms with Gasteiger partial charge in [-0.05, 0) is 32.9 Å². The largest absolute Gasteiger partial charge is 0.367 e. The smallest absolute Gasteiger partial charge is 0.227 e. The lowest BCUT2D eigenvalue weighted by molar-refractivity contribution is -0.128. The third-order valence-corrected chi connectivity index (χ3v) is 4.89. The first kappa shape index (κ1) is 23.8. The number of piperazine rings is 1. The highest BCUT2D eigenvalue weighted by atomic mass is 127. The van der Waals surface area contributed by atoms with Gasteiger partial charge in [0.2, 0.25) is 5.91 Å². The van der Waals surface area contributed by atoms with Gasteiger partial charge in [0.25, 0.3) is 0 Å². The lowest BCUT2D eigenvalue weighted by Crippen LogP contribution is -2.53. The summed E-state index contributed by atoms with van der Waals surface area (Å²) in [5, 5.41) is 6.84. The number of anilines is 1. The van der Waals surface area contributed by atoms with Crippen LogP contribution in [-0.4, -0.2) is 63.1 Å². The maximum Gasteiger partial charge on any atom is 0.227 e. The molecule has 0 atom stereocenters. The number of hydrogen-bond donors (Lipinski definition) is 2. The molecule has 1 heterocycles. The third kappa shape index (κ3) is 6.41. The molecule has 0 bridgehead atoms. The van der Waals surface area contributed by atoms with Gasteiger partial charge in [-0.15, -0.1) is 24.0 Å². The van der Waals surface area contributed by atoms with E-state index in [1.54, 1.807) is 7.05 Å². The van der Waals surface area contributed by atoms with Crippen molar-refractivity contribution in [2.24, 2.45) is 10.4 Å². The Labute approximate surface area is 184 Å². The molecule has 152 valence electrons. The molecule has 1 fully saturated rings. The zero-order chi connectivity index (χ0) is 19.2. The second-order valence-electron chi connectivity index (χ2n) is 7.06. The minimum atomic E-state index is -0.533. The molecule has 2 rings (SSSR count). The van der Waals surface area contributed by atoms with E-state index in [-0.39, 0.29) is 29.9 Å². The topological polar surface area (TPSA) is 60.0 Å².